The average molecular weight is 638 g/mol. The summed E-state index contributed by atoms with van der Waals surface area (Å²) in [5, 5.41) is 20.9. The molecule has 1 unspecified atom stereocenters. The van der Waals surface area contributed by atoms with Crippen molar-refractivity contribution in [1.29, 1.82) is 0 Å². The largest absolute Gasteiger partial charge is 0.507 e. The molecular formula is C36H30F3N5O3. The predicted molar refractivity (Wildman–Crippen MR) is 175 cm³/mol. The van der Waals surface area contributed by atoms with Crippen LogP contribution in [-0.4, -0.2) is 34.3 Å². The smallest absolute Gasteiger partial charge is 0.416 e. The van der Waals surface area contributed by atoms with Crippen LogP contribution in [0, 0.1) is 0 Å². The molecule has 2 heterocycles. The van der Waals surface area contributed by atoms with Crippen LogP contribution in [0.2, 0.25) is 0 Å². The monoisotopic (exact) mass is 637 g/mol. The molecule has 1 atom stereocenters. The number of nitrogens with one attached hydrogen (secondary N) is 1. The summed E-state index contributed by atoms with van der Waals surface area (Å²) in [5.74, 6) is -1.24. The number of amides is 2. The molecule has 0 spiro atoms. The Morgan fingerprint density at radius 2 is 1.55 bits per heavy atom. The van der Waals surface area contributed by atoms with Crippen LogP contribution in [0.15, 0.2) is 118 Å². The summed E-state index contributed by atoms with van der Waals surface area (Å²) in [6, 6.07) is 27.4. The lowest BCUT2D eigenvalue weighted by atomic mass is 9.84. The fourth-order valence-corrected chi connectivity index (χ4v) is 5.94. The van der Waals surface area contributed by atoms with Gasteiger partial charge in [0, 0.05) is 41.8 Å². The molecule has 0 aliphatic rings. The Morgan fingerprint density at radius 3 is 2.26 bits per heavy atom. The number of azo groups is 1. The first-order valence-corrected chi connectivity index (χ1v) is 14.8. The molecule has 6 aromatic rings. The van der Waals surface area contributed by atoms with Crippen molar-refractivity contribution in [3.63, 3.8) is 0 Å². The number of carbonyl (C=O) groups excluding carboxylic acids is 1. The molecule has 47 heavy (non-hydrogen) atoms. The summed E-state index contributed by atoms with van der Waals surface area (Å²) < 4.78 is 42.1. The first kappa shape index (κ1) is 31.3. The first-order valence-electron chi connectivity index (χ1n) is 14.8. The molecule has 2 amide bonds. The van der Waals surface area contributed by atoms with Crippen LogP contribution in [0.5, 0.6) is 5.75 Å². The lowest BCUT2D eigenvalue weighted by Gasteiger charge is -2.22. The standard InChI is InChI=1S/C36H30F3N5O3/c1-43(24-10-4-3-5-11-24)35(47)42-40-21-20-26-25-12-6-8-14-28(25)41-32(26)30(22-16-18-23(19-17-22)36(37,38)39)31-33(45)27-13-7-9-15-29(27)44(2)34(31)46/h3-19,30,41,45H,20-21H2,1-2H3. The zero-order chi connectivity index (χ0) is 33.3. The maximum atomic E-state index is 14.0. The highest BCUT2D eigenvalue weighted by Crippen LogP contribution is 2.42. The van der Waals surface area contributed by atoms with Crippen LogP contribution in [0.1, 0.15) is 33.9 Å². The minimum atomic E-state index is -4.56. The number of fused-ring (bicyclic) bond motifs is 2. The molecule has 0 aliphatic heterocycles. The predicted octanol–water partition coefficient (Wildman–Crippen LogP) is 8.18. The summed E-state index contributed by atoms with van der Waals surface area (Å²) in [5.41, 5.74) is 2.18. The summed E-state index contributed by atoms with van der Waals surface area (Å²) >= 11 is 0. The maximum Gasteiger partial charge on any atom is 0.416 e. The van der Waals surface area contributed by atoms with E-state index in [4.69, 9.17) is 0 Å². The van der Waals surface area contributed by atoms with E-state index in [-0.39, 0.29) is 24.3 Å². The number of alkyl halides is 3. The van der Waals surface area contributed by atoms with E-state index in [0.29, 0.717) is 27.8 Å². The molecule has 0 radical (unpaired) electrons. The van der Waals surface area contributed by atoms with Gasteiger partial charge in [-0.3, -0.25) is 9.69 Å². The van der Waals surface area contributed by atoms with Crippen LogP contribution >= 0.6 is 0 Å². The van der Waals surface area contributed by atoms with Crippen LogP contribution < -0.4 is 10.5 Å². The highest BCUT2D eigenvalue weighted by atomic mass is 19.4. The van der Waals surface area contributed by atoms with Gasteiger partial charge in [0.1, 0.15) is 5.75 Å². The van der Waals surface area contributed by atoms with Gasteiger partial charge in [0.25, 0.3) is 5.56 Å². The van der Waals surface area contributed by atoms with Crippen LogP contribution in [0.3, 0.4) is 0 Å². The molecule has 0 saturated carbocycles. The molecule has 2 N–H and O–H groups in total. The van der Waals surface area contributed by atoms with Gasteiger partial charge in [-0.1, -0.05) is 65.8 Å². The second-order valence-corrected chi connectivity index (χ2v) is 11.2. The summed E-state index contributed by atoms with van der Waals surface area (Å²) in [6.07, 6.45) is -4.28. The molecule has 238 valence electrons. The van der Waals surface area contributed by atoms with Crippen molar-refractivity contribution < 1.29 is 23.1 Å². The highest BCUT2D eigenvalue weighted by molar-refractivity contribution is 5.91. The van der Waals surface area contributed by atoms with E-state index in [1.54, 1.807) is 50.5 Å². The zero-order valence-electron chi connectivity index (χ0n) is 25.5. The van der Waals surface area contributed by atoms with E-state index in [2.05, 4.69) is 15.2 Å². The van der Waals surface area contributed by atoms with E-state index in [9.17, 15) is 27.9 Å². The van der Waals surface area contributed by atoms with Gasteiger partial charge in [-0.25, -0.2) is 4.79 Å². The third-order valence-corrected chi connectivity index (χ3v) is 8.35. The summed E-state index contributed by atoms with van der Waals surface area (Å²) in [4.78, 5) is 31.4. The molecule has 11 heteroatoms. The summed E-state index contributed by atoms with van der Waals surface area (Å²) in [7, 11) is 3.19. The first-order chi connectivity index (χ1) is 22.6. The van der Waals surface area contributed by atoms with E-state index in [1.807, 2.05) is 42.5 Å². The number of nitrogens with zero attached hydrogens (tertiary/aromatic N) is 4. The number of aromatic amines is 1. The Kier molecular flexibility index (Phi) is 8.38. The number of hydrogen-bond acceptors (Lipinski definition) is 4. The second kappa shape index (κ2) is 12.6. The van der Waals surface area contributed by atoms with Gasteiger partial charge in [0.05, 0.1) is 29.1 Å². The zero-order valence-corrected chi connectivity index (χ0v) is 25.5. The maximum absolute atomic E-state index is 14.0. The van der Waals surface area contributed by atoms with Gasteiger partial charge in [-0.15, -0.1) is 0 Å². The Labute approximate surface area is 267 Å². The number of anilines is 1. The fourth-order valence-electron chi connectivity index (χ4n) is 5.94. The third-order valence-electron chi connectivity index (χ3n) is 8.35. The number of halogens is 3. The van der Waals surface area contributed by atoms with E-state index in [1.165, 1.54) is 21.6 Å². The third kappa shape index (κ3) is 5.99. The molecule has 4 aromatic carbocycles. The van der Waals surface area contributed by atoms with Gasteiger partial charge in [-0.05, 0) is 60.0 Å². The van der Waals surface area contributed by atoms with Crippen molar-refractivity contribution in [3.8, 4) is 5.75 Å². The molecular weight excluding hydrogens is 607 g/mol. The average Bonchev–Trinajstić information content (AvgIpc) is 3.45. The minimum Gasteiger partial charge on any atom is -0.507 e. The second-order valence-electron chi connectivity index (χ2n) is 11.2. The van der Waals surface area contributed by atoms with Crippen molar-refractivity contribution in [2.24, 2.45) is 17.3 Å². The number of hydrogen-bond donors (Lipinski definition) is 2. The molecule has 0 bridgehead atoms. The lowest BCUT2D eigenvalue weighted by Crippen LogP contribution is -2.25. The van der Waals surface area contributed by atoms with Gasteiger partial charge in [0.2, 0.25) is 0 Å². The topological polar surface area (TPSA) is 103 Å². The van der Waals surface area contributed by atoms with Crippen molar-refractivity contribution in [2.75, 3.05) is 18.5 Å². The van der Waals surface area contributed by atoms with Gasteiger partial charge >= 0.3 is 12.2 Å². The number of carbonyl (C=O) groups is 1. The molecule has 8 nitrogen and oxygen atoms in total. The molecule has 6 rings (SSSR count). The number of aromatic nitrogens is 2. The van der Waals surface area contributed by atoms with Crippen molar-refractivity contribution in [1.82, 2.24) is 9.55 Å². The van der Waals surface area contributed by atoms with E-state index >= 15 is 0 Å². The van der Waals surface area contributed by atoms with Crippen LogP contribution in [-0.2, 0) is 19.6 Å². The van der Waals surface area contributed by atoms with Crippen molar-refractivity contribution in [3.05, 3.63) is 141 Å². The van der Waals surface area contributed by atoms with Crippen LogP contribution in [0.25, 0.3) is 21.8 Å². The number of para-hydroxylation sites is 3. The van der Waals surface area contributed by atoms with Crippen molar-refractivity contribution in [2.45, 2.75) is 18.5 Å². The number of rotatable bonds is 7. The molecule has 0 saturated heterocycles. The number of pyridine rings is 1. The molecule has 0 aliphatic carbocycles. The Balaban J connectivity index is 1.47. The normalized spacial score (nSPS) is 12.6. The Hall–Kier alpha value is -5.71. The quantitative estimate of drug-likeness (QED) is 0.173. The van der Waals surface area contributed by atoms with E-state index < -0.39 is 29.2 Å². The highest BCUT2D eigenvalue weighted by Gasteiger charge is 2.33. The fraction of sp³-hybridized carbons (Fsp3) is 0.167. The van der Waals surface area contributed by atoms with Crippen molar-refractivity contribution >= 4 is 33.5 Å². The molecule has 0 fully saturated rings. The summed E-state index contributed by atoms with van der Waals surface area (Å²) in [6.45, 7) is 0.102. The Morgan fingerprint density at radius 1 is 0.915 bits per heavy atom. The number of aryl methyl sites for hydroxylation is 1. The van der Waals surface area contributed by atoms with Gasteiger partial charge < -0.3 is 14.7 Å². The SMILES string of the molecule is CN(C(=O)N=NCCc1c(C(c2ccc(C(F)(F)F)cc2)c2c(O)c3ccccc3n(C)c2=O)[nH]c2ccccc12)c1ccccc1. The van der Waals surface area contributed by atoms with E-state index in [0.717, 1.165) is 28.6 Å². The van der Waals surface area contributed by atoms with Gasteiger partial charge in [0.15, 0.2) is 0 Å². The number of urea groups is 1. The number of H-pyrrole nitrogens is 1. The molecule has 2 aromatic heterocycles. The number of benzene rings is 4. The minimum absolute atomic E-state index is 0.0139. The van der Waals surface area contributed by atoms with Crippen LogP contribution in [0.4, 0.5) is 23.7 Å². The lowest BCUT2D eigenvalue weighted by molar-refractivity contribution is -0.137. The Bertz CT molecular complexity index is 2170. The van der Waals surface area contributed by atoms with Gasteiger partial charge in [-0.2, -0.15) is 18.3 Å². The number of aromatic hydroxyl groups is 1.